The van der Waals surface area contributed by atoms with Crippen LogP contribution in [0.4, 0.5) is 5.82 Å². The van der Waals surface area contributed by atoms with Gasteiger partial charge in [-0.15, -0.1) is 0 Å². The molecule has 17 heavy (non-hydrogen) atoms. The van der Waals surface area contributed by atoms with Crippen LogP contribution >= 0.6 is 0 Å². The molecule has 0 amide bonds. The SMILES string of the molecule is Cn1ncc(-c2ccc3c(c2)OCCC3)c1N. The molecule has 0 saturated carbocycles. The molecule has 2 N–H and O–H groups in total. The van der Waals surface area contributed by atoms with Gasteiger partial charge in [0.2, 0.25) is 0 Å². The monoisotopic (exact) mass is 229 g/mol. The Labute approximate surface area is 100 Å². The summed E-state index contributed by atoms with van der Waals surface area (Å²) in [6.07, 6.45) is 3.99. The fourth-order valence-corrected chi connectivity index (χ4v) is 2.18. The number of nitrogens with zero attached hydrogens (tertiary/aromatic N) is 2. The molecular formula is C13H15N3O. The summed E-state index contributed by atoms with van der Waals surface area (Å²) in [6, 6.07) is 6.26. The second-order valence-electron chi connectivity index (χ2n) is 4.34. The van der Waals surface area contributed by atoms with Crippen LogP contribution in [0.15, 0.2) is 24.4 Å². The highest BCUT2D eigenvalue weighted by molar-refractivity contribution is 5.74. The minimum atomic E-state index is 0.681. The van der Waals surface area contributed by atoms with Crippen molar-refractivity contribution in [1.29, 1.82) is 0 Å². The number of nitrogen functional groups attached to an aromatic ring is 1. The number of aryl methyl sites for hydroxylation is 2. The number of rotatable bonds is 1. The molecule has 3 rings (SSSR count). The van der Waals surface area contributed by atoms with E-state index in [-0.39, 0.29) is 0 Å². The first-order chi connectivity index (χ1) is 8.25. The van der Waals surface area contributed by atoms with Gasteiger partial charge in [0, 0.05) is 12.6 Å². The molecule has 0 fully saturated rings. The van der Waals surface area contributed by atoms with Crippen molar-refractivity contribution in [1.82, 2.24) is 9.78 Å². The minimum Gasteiger partial charge on any atom is -0.493 e. The number of hydrogen-bond acceptors (Lipinski definition) is 3. The maximum Gasteiger partial charge on any atom is 0.129 e. The van der Waals surface area contributed by atoms with Crippen molar-refractivity contribution >= 4 is 5.82 Å². The molecule has 4 heteroatoms. The lowest BCUT2D eigenvalue weighted by Crippen LogP contribution is -2.08. The highest BCUT2D eigenvalue weighted by Gasteiger charge is 2.13. The zero-order valence-electron chi connectivity index (χ0n) is 9.81. The normalized spacial score (nSPS) is 14.2. The Hall–Kier alpha value is -1.97. The third-order valence-corrected chi connectivity index (χ3v) is 3.21. The topological polar surface area (TPSA) is 53.1 Å². The van der Waals surface area contributed by atoms with Gasteiger partial charge >= 0.3 is 0 Å². The van der Waals surface area contributed by atoms with Crippen LogP contribution in [-0.4, -0.2) is 16.4 Å². The summed E-state index contributed by atoms with van der Waals surface area (Å²) < 4.78 is 7.34. The Morgan fingerprint density at radius 3 is 3.06 bits per heavy atom. The molecule has 0 atom stereocenters. The van der Waals surface area contributed by atoms with E-state index in [9.17, 15) is 0 Å². The van der Waals surface area contributed by atoms with E-state index in [4.69, 9.17) is 10.5 Å². The van der Waals surface area contributed by atoms with Crippen LogP contribution in [0.25, 0.3) is 11.1 Å². The third kappa shape index (κ3) is 1.65. The molecular weight excluding hydrogens is 214 g/mol. The number of nitrogens with two attached hydrogens (primary N) is 1. The van der Waals surface area contributed by atoms with E-state index >= 15 is 0 Å². The fraction of sp³-hybridized carbons (Fsp3) is 0.308. The lowest BCUT2D eigenvalue weighted by Gasteiger charge is -2.17. The number of fused-ring (bicyclic) bond motifs is 1. The van der Waals surface area contributed by atoms with E-state index in [0.717, 1.165) is 36.3 Å². The van der Waals surface area contributed by atoms with Gasteiger partial charge < -0.3 is 10.5 Å². The quantitative estimate of drug-likeness (QED) is 0.813. The number of hydrogen-bond donors (Lipinski definition) is 1. The Morgan fingerprint density at radius 1 is 1.41 bits per heavy atom. The van der Waals surface area contributed by atoms with Crippen molar-refractivity contribution < 1.29 is 4.74 Å². The maximum atomic E-state index is 5.97. The maximum absolute atomic E-state index is 5.97. The molecule has 0 aliphatic carbocycles. The van der Waals surface area contributed by atoms with E-state index < -0.39 is 0 Å². The van der Waals surface area contributed by atoms with Gasteiger partial charge in [0.1, 0.15) is 11.6 Å². The van der Waals surface area contributed by atoms with Gasteiger partial charge in [-0.25, -0.2) is 0 Å². The summed E-state index contributed by atoms with van der Waals surface area (Å²) >= 11 is 0. The summed E-state index contributed by atoms with van der Waals surface area (Å²) in [7, 11) is 1.84. The largest absolute Gasteiger partial charge is 0.493 e. The van der Waals surface area contributed by atoms with E-state index in [1.54, 1.807) is 10.9 Å². The second kappa shape index (κ2) is 3.80. The number of benzene rings is 1. The lowest BCUT2D eigenvalue weighted by atomic mass is 10.0. The first kappa shape index (κ1) is 10.2. The molecule has 0 saturated heterocycles. The highest BCUT2D eigenvalue weighted by Crippen LogP contribution is 2.32. The van der Waals surface area contributed by atoms with E-state index in [1.165, 1.54) is 5.56 Å². The van der Waals surface area contributed by atoms with Gasteiger partial charge in [-0.3, -0.25) is 4.68 Å². The molecule has 1 aromatic heterocycles. The molecule has 4 nitrogen and oxygen atoms in total. The van der Waals surface area contributed by atoms with Gasteiger partial charge in [-0.1, -0.05) is 12.1 Å². The molecule has 0 bridgehead atoms. The summed E-state index contributed by atoms with van der Waals surface area (Å²) in [4.78, 5) is 0. The molecule has 0 spiro atoms. The van der Waals surface area contributed by atoms with Crippen molar-refractivity contribution in [2.24, 2.45) is 7.05 Å². The molecule has 0 radical (unpaired) electrons. The molecule has 88 valence electrons. The molecule has 1 aliphatic heterocycles. The van der Waals surface area contributed by atoms with Crippen molar-refractivity contribution in [2.75, 3.05) is 12.3 Å². The predicted octanol–water partition coefficient (Wildman–Crippen LogP) is 1.99. The minimum absolute atomic E-state index is 0.681. The van der Waals surface area contributed by atoms with E-state index in [2.05, 4.69) is 23.3 Å². The zero-order valence-corrected chi connectivity index (χ0v) is 9.81. The van der Waals surface area contributed by atoms with Gasteiger partial charge in [-0.2, -0.15) is 5.10 Å². The number of aromatic nitrogens is 2. The Bertz CT molecular complexity index is 560. The fourth-order valence-electron chi connectivity index (χ4n) is 2.18. The van der Waals surface area contributed by atoms with Crippen LogP contribution < -0.4 is 10.5 Å². The molecule has 2 heterocycles. The van der Waals surface area contributed by atoms with Crippen molar-refractivity contribution in [3.8, 4) is 16.9 Å². The molecule has 1 aliphatic rings. The number of anilines is 1. The molecule has 1 aromatic carbocycles. The van der Waals surface area contributed by atoms with E-state index in [0.29, 0.717) is 5.82 Å². The lowest BCUT2D eigenvalue weighted by molar-refractivity contribution is 0.288. The van der Waals surface area contributed by atoms with Crippen LogP contribution in [-0.2, 0) is 13.5 Å². The van der Waals surface area contributed by atoms with Gasteiger partial charge in [-0.05, 0) is 30.0 Å². The average molecular weight is 229 g/mol. The molecule has 2 aromatic rings. The first-order valence-electron chi connectivity index (χ1n) is 5.79. The molecule has 0 unspecified atom stereocenters. The number of ether oxygens (including phenoxy) is 1. The van der Waals surface area contributed by atoms with Gasteiger partial charge in [0.25, 0.3) is 0 Å². The average Bonchev–Trinajstić information content (AvgIpc) is 2.70. The van der Waals surface area contributed by atoms with Crippen molar-refractivity contribution in [2.45, 2.75) is 12.8 Å². The van der Waals surface area contributed by atoms with Crippen LogP contribution in [0, 0.1) is 0 Å². The summed E-state index contributed by atoms with van der Waals surface area (Å²) in [5.74, 6) is 1.66. The van der Waals surface area contributed by atoms with Gasteiger partial charge in [0.15, 0.2) is 0 Å². The summed E-state index contributed by atoms with van der Waals surface area (Å²) in [5, 5.41) is 4.16. The summed E-state index contributed by atoms with van der Waals surface area (Å²) in [6.45, 7) is 0.805. The predicted molar refractivity (Wildman–Crippen MR) is 66.9 cm³/mol. The summed E-state index contributed by atoms with van der Waals surface area (Å²) in [5.41, 5.74) is 9.28. The van der Waals surface area contributed by atoms with Crippen molar-refractivity contribution in [3.63, 3.8) is 0 Å². The highest BCUT2D eigenvalue weighted by atomic mass is 16.5. The van der Waals surface area contributed by atoms with Gasteiger partial charge in [0.05, 0.1) is 12.8 Å². The first-order valence-corrected chi connectivity index (χ1v) is 5.79. The van der Waals surface area contributed by atoms with Crippen LogP contribution in [0.5, 0.6) is 5.75 Å². The standard InChI is InChI=1S/C13H15N3O/c1-16-13(14)11(8-15-16)10-5-4-9-3-2-6-17-12(9)7-10/h4-5,7-8H,2-3,6,14H2,1H3. The second-order valence-corrected chi connectivity index (χ2v) is 4.34. The Kier molecular flexibility index (Phi) is 2.28. The Morgan fingerprint density at radius 2 is 2.29 bits per heavy atom. The zero-order chi connectivity index (χ0) is 11.8. The third-order valence-electron chi connectivity index (χ3n) is 3.21. The Balaban J connectivity index is 2.07. The van der Waals surface area contributed by atoms with Crippen molar-refractivity contribution in [3.05, 3.63) is 30.0 Å². The van der Waals surface area contributed by atoms with E-state index in [1.807, 2.05) is 7.05 Å². The van der Waals surface area contributed by atoms with Crippen LogP contribution in [0.1, 0.15) is 12.0 Å². The van der Waals surface area contributed by atoms with Crippen LogP contribution in [0.2, 0.25) is 0 Å². The van der Waals surface area contributed by atoms with Crippen LogP contribution in [0.3, 0.4) is 0 Å². The smallest absolute Gasteiger partial charge is 0.129 e.